The van der Waals surface area contributed by atoms with Crippen molar-refractivity contribution in [2.45, 2.75) is 38.6 Å². The molecule has 7 nitrogen and oxygen atoms in total. The maximum atomic E-state index is 12.5. The van der Waals surface area contributed by atoms with Crippen LogP contribution < -0.4 is 16.4 Å². The first-order chi connectivity index (χ1) is 17.2. The summed E-state index contributed by atoms with van der Waals surface area (Å²) in [7, 11) is 0. The van der Waals surface area contributed by atoms with Gasteiger partial charge >= 0.3 is 6.09 Å². The van der Waals surface area contributed by atoms with E-state index in [1.54, 1.807) is 32.9 Å². The van der Waals surface area contributed by atoms with E-state index in [9.17, 15) is 14.4 Å². The van der Waals surface area contributed by atoms with Gasteiger partial charge in [0.25, 0.3) is 0 Å². The van der Waals surface area contributed by atoms with Gasteiger partial charge in [-0.05, 0) is 60.2 Å². The number of fused-ring (bicyclic) bond motifs is 3. The minimum atomic E-state index is -1.11. The lowest BCUT2D eigenvalue weighted by Gasteiger charge is -2.24. The molecule has 3 aromatic rings. The number of hydrogen-bond donors (Lipinski definition) is 3. The van der Waals surface area contributed by atoms with Crippen LogP contribution in [0.1, 0.15) is 43.4 Å². The van der Waals surface area contributed by atoms with Crippen molar-refractivity contribution in [1.29, 1.82) is 0 Å². The third-order valence-corrected chi connectivity index (χ3v) is 6.59. The Kier molecular flexibility index (Phi) is 8.65. The van der Waals surface area contributed by atoms with Crippen LogP contribution in [0.2, 0.25) is 0 Å². The van der Waals surface area contributed by atoms with Crippen molar-refractivity contribution >= 4 is 37.1 Å². The van der Waals surface area contributed by atoms with Crippen LogP contribution in [0.4, 0.5) is 10.5 Å². The van der Waals surface area contributed by atoms with E-state index in [0.29, 0.717) is 12.1 Å². The number of anilines is 1. The van der Waals surface area contributed by atoms with E-state index in [2.05, 4.69) is 34.9 Å². The number of benzene rings is 3. The van der Waals surface area contributed by atoms with Gasteiger partial charge in [-0.2, -0.15) is 13.5 Å². The van der Waals surface area contributed by atoms with E-state index < -0.39 is 17.5 Å². The summed E-state index contributed by atoms with van der Waals surface area (Å²) in [4.78, 5) is 36.4. The molecule has 1 aliphatic rings. The van der Waals surface area contributed by atoms with Crippen LogP contribution in [0.25, 0.3) is 11.1 Å². The fourth-order valence-electron chi connectivity index (χ4n) is 4.42. The van der Waals surface area contributed by atoms with Gasteiger partial charge < -0.3 is 15.8 Å². The molecule has 1 aliphatic carbocycles. The van der Waals surface area contributed by atoms with Gasteiger partial charge in [0.1, 0.15) is 12.1 Å². The number of nitrogens with one attached hydrogen (secondary N) is 2. The Labute approximate surface area is 224 Å². The quantitative estimate of drug-likeness (QED) is 0.400. The number of carbonyl (C=O) groups is 3. The molecule has 0 spiro atoms. The summed E-state index contributed by atoms with van der Waals surface area (Å²) in [5.41, 5.74) is 10.4. The fourth-order valence-corrected chi connectivity index (χ4v) is 4.42. The molecule has 194 valence electrons. The molecule has 0 aliphatic heterocycles. The van der Waals surface area contributed by atoms with E-state index in [1.807, 2.05) is 36.4 Å². The lowest BCUT2D eigenvalue weighted by atomic mass is 9.97. The lowest BCUT2D eigenvalue weighted by Crippen LogP contribution is -2.54. The number of rotatable bonds is 8. The zero-order valence-electron chi connectivity index (χ0n) is 21.2. The summed E-state index contributed by atoms with van der Waals surface area (Å²) < 4.78 is 5.59. The number of nitrogens with two attached hydrogens (primary N) is 1. The summed E-state index contributed by atoms with van der Waals surface area (Å²) in [6.07, 6.45) is -0.0441. The minimum absolute atomic E-state index is 0. The van der Waals surface area contributed by atoms with Crippen LogP contribution in [-0.4, -0.2) is 30.1 Å². The number of primary amides is 1. The van der Waals surface area contributed by atoms with Crippen LogP contribution in [0.3, 0.4) is 0 Å². The topological polar surface area (TPSA) is 111 Å². The zero-order chi connectivity index (χ0) is 25.9. The summed E-state index contributed by atoms with van der Waals surface area (Å²) in [5, 5.41) is 5.44. The third-order valence-electron chi connectivity index (χ3n) is 6.59. The molecule has 0 saturated carbocycles. The Hall–Kier alpha value is -3.78. The second kappa shape index (κ2) is 11.5. The SMILES string of the molecule is C[C@@H](Cc1ccc(NC(=O)OCC2c3ccccc3-c3ccccc32)cc1)C(=O)NC(C)(C)C(N)=O.S. The van der Waals surface area contributed by atoms with Crippen molar-refractivity contribution in [3.63, 3.8) is 0 Å². The largest absolute Gasteiger partial charge is 0.448 e. The Bertz CT molecular complexity index is 1240. The van der Waals surface area contributed by atoms with Gasteiger partial charge in [0.05, 0.1) is 0 Å². The monoisotopic (exact) mass is 519 g/mol. The van der Waals surface area contributed by atoms with Crippen molar-refractivity contribution in [3.8, 4) is 11.1 Å². The predicted molar refractivity (Wildman–Crippen MR) is 150 cm³/mol. The second-order valence-electron chi connectivity index (χ2n) is 9.73. The van der Waals surface area contributed by atoms with Gasteiger partial charge in [0.2, 0.25) is 11.8 Å². The first-order valence-electron chi connectivity index (χ1n) is 12.0. The molecule has 0 unspecified atom stereocenters. The van der Waals surface area contributed by atoms with Crippen molar-refractivity contribution in [2.75, 3.05) is 11.9 Å². The molecular weight excluding hydrogens is 486 g/mol. The highest BCUT2D eigenvalue weighted by Crippen LogP contribution is 2.44. The fraction of sp³-hybridized carbons (Fsp3) is 0.276. The highest BCUT2D eigenvalue weighted by molar-refractivity contribution is 7.59. The highest BCUT2D eigenvalue weighted by Gasteiger charge is 2.30. The third kappa shape index (κ3) is 6.32. The van der Waals surface area contributed by atoms with Crippen LogP contribution in [0.15, 0.2) is 72.8 Å². The van der Waals surface area contributed by atoms with E-state index >= 15 is 0 Å². The van der Waals surface area contributed by atoms with Gasteiger partial charge in [-0.15, -0.1) is 0 Å². The Morgan fingerprint density at radius 1 is 0.919 bits per heavy atom. The molecule has 0 heterocycles. The van der Waals surface area contributed by atoms with Gasteiger partial charge in [-0.3, -0.25) is 14.9 Å². The molecule has 37 heavy (non-hydrogen) atoms. The van der Waals surface area contributed by atoms with Gasteiger partial charge in [0.15, 0.2) is 0 Å². The predicted octanol–water partition coefficient (Wildman–Crippen LogP) is 4.72. The molecule has 4 rings (SSSR count). The molecule has 1 atom stereocenters. The average Bonchev–Trinajstić information content (AvgIpc) is 3.17. The van der Waals surface area contributed by atoms with E-state index in [0.717, 1.165) is 16.7 Å². The Balaban J connectivity index is 0.00000380. The summed E-state index contributed by atoms with van der Waals surface area (Å²) in [6.45, 7) is 5.18. The molecule has 3 amide bonds. The molecule has 0 saturated heterocycles. The second-order valence-corrected chi connectivity index (χ2v) is 9.73. The summed E-state index contributed by atoms with van der Waals surface area (Å²) >= 11 is 0. The molecule has 0 fully saturated rings. The van der Waals surface area contributed by atoms with Gasteiger partial charge in [0, 0.05) is 17.5 Å². The van der Waals surface area contributed by atoms with E-state index in [4.69, 9.17) is 10.5 Å². The maximum Gasteiger partial charge on any atom is 0.411 e. The van der Waals surface area contributed by atoms with Crippen molar-refractivity contribution in [2.24, 2.45) is 11.7 Å². The lowest BCUT2D eigenvalue weighted by molar-refractivity contribution is -0.132. The molecular formula is C29H33N3O4S. The molecule has 0 bridgehead atoms. The average molecular weight is 520 g/mol. The maximum absolute atomic E-state index is 12.5. The van der Waals surface area contributed by atoms with Crippen LogP contribution in [0.5, 0.6) is 0 Å². The number of hydrogen-bond acceptors (Lipinski definition) is 4. The van der Waals surface area contributed by atoms with Gasteiger partial charge in [-0.25, -0.2) is 4.79 Å². The van der Waals surface area contributed by atoms with Crippen molar-refractivity contribution < 1.29 is 19.1 Å². The van der Waals surface area contributed by atoms with Crippen LogP contribution in [-0.2, 0) is 20.7 Å². The van der Waals surface area contributed by atoms with E-state index in [1.165, 1.54) is 11.1 Å². The summed E-state index contributed by atoms with van der Waals surface area (Å²) in [5.74, 6) is -1.20. The normalized spacial score (nSPS) is 12.9. The standard InChI is InChI=1S/C29H31N3O4.H2S/c1-18(26(33)32-29(2,3)27(30)34)16-19-12-14-20(15-13-19)31-28(35)36-17-25-23-10-6-4-8-21(23)22-9-5-7-11-24(22)25;/h4-15,18,25H,16-17H2,1-3H3,(H2,30,34)(H,31,35)(H,32,33);1H2/t18-;/m0./s1. The molecule has 8 heteroatoms. The highest BCUT2D eigenvalue weighted by atomic mass is 32.1. The molecule has 0 radical (unpaired) electrons. The number of amides is 3. The van der Waals surface area contributed by atoms with Crippen LogP contribution in [0, 0.1) is 5.92 Å². The zero-order valence-corrected chi connectivity index (χ0v) is 22.2. The van der Waals surface area contributed by atoms with Crippen molar-refractivity contribution in [3.05, 3.63) is 89.5 Å². The molecule has 3 aromatic carbocycles. The summed E-state index contributed by atoms with van der Waals surface area (Å²) in [6, 6.07) is 23.6. The van der Waals surface area contributed by atoms with Crippen molar-refractivity contribution in [1.82, 2.24) is 5.32 Å². The number of ether oxygens (including phenoxy) is 1. The minimum Gasteiger partial charge on any atom is -0.448 e. The Morgan fingerprint density at radius 3 is 2.00 bits per heavy atom. The number of carbonyl (C=O) groups excluding carboxylic acids is 3. The molecule has 4 N–H and O–H groups in total. The van der Waals surface area contributed by atoms with Gasteiger partial charge in [-0.1, -0.05) is 67.6 Å². The first-order valence-corrected chi connectivity index (χ1v) is 12.0. The first kappa shape index (κ1) is 27.8. The smallest absolute Gasteiger partial charge is 0.411 e. The van der Waals surface area contributed by atoms with Crippen LogP contribution >= 0.6 is 13.5 Å². The molecule has 0 aromatic heterocycles. The Morgan fingerprint density at radius 2 is 1.46 bits per heavy atom. The van der Waals surface area contributed by atoms with E-state index in [-0.39, 0.29) is 37.8 Å².